The first-order valence-corrected chi connectivity index (χ1v) is 5.09. The molecule has 4 N–H and O–H groups in total. The average molecular weight is 252 g/mol. The summed E-state index contributed by atoms with van der Waals surface area (Å²) in [6.45, 7) is 0.0222. The first-order valence-electron chi connectivity index (χ1n) is 5.09. The summed E-state index contributed by atoms with van der Waals surface area (Å²) < 4.78 is 0. The molecule has 0 aliphatic heterocycles. The third-order valence-electron chi connectivity index (χ3n) is 2.01. The van der Waals surface area contributed by atoms with Crippen LogP contribution in [-0.2, 0) is 4.79 Å². The Hall–Kier alpha value is -2.57. The number of hydrogen-bond acceptors (Lipinski definition) is 3. The van der Waals surface area contributed by atoms with Gasteiger partial charge in [0.25, 0.3) is 0 Å². The average Bonchev–Trinajstić information content (AvgIpc) is 2.29. The Bertz CT molecular complexity index is 455. The van der Waals surface area contributed by atoms with Gasteiger partial charge in [0.2, 0.25) is 0 Å². The van der Waals surface area contributed by atoms with Gasteiger partial charge in [0, 0.05) is 12.2 Å². The molecule has 0 aromatic heterocycles. The number of anilines is 1. The van der Waals surface area contributed by atoms with Gasteiger partial charge in [0.05, 0.1) is 12.0 Å². The van der Waals surface area contributed by atoms with Crippen molar-refractivity contribution in [3.63, 3.8) is 0 Å². The fraction of sp³-hybridized carbons (Fsp3) is 0.182. The first kappa shape index (κ1) is 13.5. The summed E-state index contributed by atoms with van der Waals surface area (Å²) in [5.41, 5.74) is 0.541. The van der Waals surface area contributed by atoms with Crippen LogP contribution >= 0.6 is 0 Å². The van der Waals surface area contributed by atoms with E-state index in [9.17, 15) is 14.4 Å². The van der Waals surface area contributed by atoms with Gasteiger partial charge in [0.1, 0.15) is 0 Å². The first-order chi connectivity index (χ1) is 8.49. The summed E-state index contributed by atoms with van der Waals surface area (Å²) >= 11 is 0. The molecule has 7 heteroatoms. The highest BCUT2D eigenvalue weighted by molar-refractivity contribution is 5.91. The minimum Gasteiger partial charge on any atom is -0.481 e. The SMILES string of the molecule is O=C(O)CCNC(=O)Nc1ccc(C(=O)O)cc1. The lowest BCUT2D eigenvalue weighted by Gasteiger charge is -2.06. The molecule has 0 fully saturated rings. The van der Waals surface area contributed by atoms with Gasteiger partial charge in [-0.15, -0.1) is 0 Å². The van der Waals surface area contributed by atoms with Crippen molar-refractivity contribution >= 4 is 23.7 Å². The molecule has 2 amide bonds. The zero-order valence-corrected chi connectivity index (χ0v) is 9.34. The Kier molecular flexibility index (Phi) is 4.67. The van der Waals surface area contributed by atoms with Crippen LogP contribution in [0, 0.1) is 0 Å². The van der Waals surface area contributed by atoms with Crippen LogP contribution in [0.4, 0.5) is 10.5 Å². The number of rotatable bonds is 5. The van der Waals surface area contributed by atoms with E-state index >= 15 is 0 Å². The van der Waals surface area contributed by atoms with Gasteiger partial charge >= 0.3 is 18.0 Å². The number of carbonyl (C=O) groups is 3. The summed E-state index contributed by atoms with van der Waals surface area (Å²) in [5.74, 6) is -2.05. The van der Waals surface area contributed by atoms with Crippen LogP contribution in [0.15, 0.2) is 24.3 Å². The molecule has 0 atom stereocenters. The summed E-state index contributed by atoms with van der Waals surface area (Å²) in [6, 6.07) is 5.06. The van der Waals surface area contributed by atoms with E-state index < -0.39 is 18.0 Å². The molecule has 18 heavy (non-hydrogen) atoms. The lowest BCUT2D eigenvalue weighted by Crippen LogP contribution is -2.30. The molecular weight excluding hydrogens is 240 g/mol. The van der Waals surface area contributed by atoms with Crippen molar-refractivity contribution in [1.29, 1.82) is 0 Å². The van der Waals surface area contributed by atoms with Gasteiger partial charge in [-0.05, 0) is 24.3 Å². The number of hydrogen-bond donors (Lipinski definition) is 4. The molecule has 0 unspecified atom stereocenters. The number of urea groups is 1. The molecule has 1 rings (SSSR count). The molecule has 96 valence electrons. The number of aliphatic carboxylic acids is 1. The van der Waals surface area contributed by atoms with Crippen molar-refractivity contribution in [3.05, 3.63) is 29.8 Å². The van der Waals surface area contributed by atoms with Gasteiger partial charge in [-0.3, -0.25) is 4.79 Å². The number of carbonyl (C=O) groups excluding carboxylic acids is 1. The van der Waals surface area contributed by atoms with Crippen LogP contribution in [0.1, 0.15) is 16.8 Å². The number of nitrogens with one attached hydrogen (secondary N) is 2. The van der Waals surface area contributed by atoms with Crippen molar-refractivity contribution in [3.8, 4) is 0 Å². The van der Waals surface area contributed by atoms with Gasteiger partial charge in [-0.2, -0.15) is 0 Å². The molecule has 0 aliphatic carbocycles. The molecule has 0 saturated carbocycles. The zero-order chi connectivity index (χ0) is 13.5. The number of amides is 2. The molecule has 0 bridgehead atoms. The molecule has 0 spiro atoms. The Balaban J connectivity index is 2.44. The predicted molar refractivity (Wildman–Crippen MR) is 62.7 cm³/mol. The minimum absolute atomic E-state index is 0.0222. The number of benzene rings is 1. The van der Waals surface area contributed by atoms with E-state index in [1.165, 1.54) is 24.3 Å². The third kappa shape index (κ3) is 4.52. The lowest BCUT2D eigenvalue weighted by atomic mass is 10.2. The maximum absolute atomic E-state index is 11.3. The molecule has 1 aromatic rings. The van der Waals surface area contributed by atoms with Crippen LogP contribution in [-0.4, -0.2) is 34.7 Å². The molecule has 0 heterocycles. The molecule has 0 saturated heterocycles. The Morgan fingerprint density at radius 3 is 2.17 bits per heavy atom. The third-order valence-corrected chi connectivity index (χ3v) is 2.01. The smallest absolute Gasteiger partial charge is 0.335 e. The van der Waals surface area contributed by atoms with E-state index in [-0.39, 0.29) is 18.5 Å². The van der Waals surface area contributed by atoms with Crippen molar-refractivity contribution in [2.75, 3.05) is 11.9 Å². The van der Waals surface area contributed by atoms with Crippen LogP contribution < -0.4 is 10.6 Å². The van der Waals surface area contributed by atoms with Crippen LogP contribution in [0.5, 0.6) is 0 Å². The summed E-state index contributed by atoms with van der Waals surface area (Å²) in [4.78, 5) is 32.1. The van der Waals surface area contributed by atoms with Gasteiger partial charge in [-0.1, -0.05) is 0 Å². The van der Waals surface area contributed by atoms with Crippen LogP contribution in [0.25, 0.3) is 0 Å². The van der Waals surface area contributed by atoms with Crippen molar-refractivity contribution in [1.82, 2.24) is 5.32 Å². The monoisotopic (exact) mass is 252 g/mol. The predicted octanol–water partition coefficient (Wildman–Crippen LogP) is 0.981. The molecule has 7 nitrogen and oxygen atoms in total. The second kappa shape index (κ2) is 6.24. The van der Waals surface area contributed by atoms with E-state index in [1.54, 1.807) is 0 Å². The van der Waals surface area contributed by atoms with Crippen molar-refractivity contribution < 1.29 is 24.6 Å². The van der Waals surface area contributed by atoms with Crippen LogP contribution in [0.3, 0.4) is 0 Å². The van der Waals surface area contributed by atoms with E-state index in [0.717, 1.165) is 0 Å². The fourth-order valence-corrected chi connectivity index (χ4v) is 1.15. The fourth-order valence-electron chi connectivity index (χ4n) is 1.15. The number of carboxylic acid groups (broad SMARTS) is 2. The van der Waals surface area contributed by atoms with Crippen molar-refractivity contribution in [2.45, 2.75) is 6.42 Å². The second-order valence-corrected chi connectivity index (χ2v) is 3.41. The van der Waals surface area contributed by atoms with E-state index in [1.807, 2.05) is 0 Å². The highest BCUT2D eigenvalue weighted by Gasteiger charge is 2.05. The maximum atomic E-state index is 11.3. The Labute approximate surface area is 102 Å². The summed E-state index contributed by atoms with van der Waals surface area (Å²) in [7, 11) is 0. The second-order valence-electron chi connectivity index (χ2n) is 3.41. The maximum Gasteiger partial charge on any atom is 0.335 e. The quantitative estimate of drug-likeness (QED) is 0.623. The largest absolute Gasteiger partial charge is 0.481 e. The highest BCUT2D eigenvalue weighted by atomic mass is 16.4. The highest BCUT2D eigenvalue weighted by Crippen LogP contribution is 2.09. The topological polar surface area (TPSA) is 116 Å². The van der Waals surface area contributed by atoms with E-state index in [2.05, 4.69) is 10.6 Å². The number of aromatic carboxylic acids is 1. The van der Waals surface area contributed by atoms with Gasteiger partial charge in [-0.25, -0.2) is 9.59 Å². The van der Waals surface area contributed by atoms with Crippen molar-refractivity contribution in [2.24, 2.45) is 0 Å². The molecule has 0 radical (unpaired) electrons. The zero-order valence-electron chi connectivity index (χ0n) is 9.34. The van der Waals surface area contributed by atoms with E-state index in [4.69, 9.17) is 10.2 Å². The van der Waals surface area contributed by atoms with Crippen LogP contribution in [0.2, 0.25) is 0 Å². The molecule has 1 aromatic carbocycles. The normalized spacial score (nSPS) is 9.56. The molecular formula is C11H12N2O5. The lowest BCUT2D eigenvalue weighted by molar-refractivity contribution is -0.136. The van der Waals surface area contributed by atoms with Gasteiger partial charge < -0.3 is 20.8 Å². The summed E-state index contributed by atoms with van der Waals surface area (Å²) in [6.07, 6.45) is -0.161. The standard InChI is InChI=1S/C11H12N2O5/c14-9(15)5-6-12-11(18)13-8-3-1-7(2-4-8)10(16)17/h1-4H,5-6H2,(H,14,15)(H,16,17)(H2,12,13,18). The van der Waals surface area contributed by atoms with Gasteiger partial charge in [0.15, 0.2) is 0 Å². The summed E-state index contributed by atoms with van der Waals surface area (Å²) in [5, 5.41) is 21.8. The minimum atomic E-state index is -1.05. The Morgan fingerprint density at radius 2 is 1.67 bits per heavy atom. The number of carboxylic acids is 2. The van der Waals surface area contributed by atoms with E-state index in [0.29, 0.717) is 5.69 Å². The Morgan fingerprint density at radius 1 is 1.06 bits per heavy atom. The molecule has 0 aliphatic rings.